The van der Waals surface area contributed by atoms with Crippen LogP contribution >= 0.6 is 7.82 Å². The Morgan fingerprint density at radius 3 is 1.71 bits per heavy atom. The van der Waals surface area contributed by atoms with Crippen molar-refractivity contribution >= 4 is 19.8 Å². The predicted octanol–water partition coefficient (Wildman–Crippen LogP) is 11.6. The highest BCUT2D eigenvalue weighted by Gasteiger charge is 2.36. The number of carbonyl (C=O) groups excluding carboxylic acids is 2. The molecule has 0 spiro atoms. The quantitative estimate of drug-likeness (QED) is 0.0203. The van der Waals surface area contributed by atoms with E-state index in [1.807, 2.05) is 18.2 Å². The van der Waals surface area contributed by atoms with Crippen molar-refractivity contribution in [2.24, 2.45) is 5.73 Å². The molecular weight excluding hydrogens is 753 g/mol. The monoisotopic (exact) mass is 830 g/mol. The normalized spacial score (nSPS) is 17.7. The number of esters is 2. The van der Waals surface area contributed by atoms with E-state index in [0.29, 0.717) is 31.5 Å². The van der Waals surface area contributed by atoms with E-state index in [1.165, 1.54) is 51.4 Å². The number of carbonyl (C=O) groups is 2. The summed E-state index contributed by atoms with van der Waals surface area (Å²) in [5, 5.41) is 0. The van der Waals surface area contributed by atoms with Crippen LogP contribution in [0.2, 0.25) is 0 Å². The highest BCUT2D eigenvalue weighted by molar-refractivity contribution is 7.47. The third-order valence-electron chi connectivity index (χ3n) is 8.88. The maximum absolute atomic E-state index is 12.6. The first kappa shape index (κ1) is 52.9. The molecule has 0 amide bonds. The molecule has 11 heteroatoms. The van der Waals surface area contributed by atoms with E-state index in [0.717, 1.165) is 44.9 Å². The van der Waals surface area contributed by atoms with Crippen LogP contribution in [0.25, 0.3) is 0 Å². The molecule has 3 N–H and O–H groups in total. The van der Waals surface area contributed by atoms with Gasteiger partial charge in [0.25, 0.3) is 0 Å². The lowest BCUT2D eigenvalue weighted by molar-refractivity contribution is -0.161. The van der Waals surface area contributed by atoms with Crippen LogP contribution in [0.5, 0.6) is 0 Å². The molecule has 0 aromatic heterocycles. The van der Waals surface area contributed by atoms with Gasteiger partial charge in [-0.3, -0.25) is 18.6 Å². The number of phosphoric ester groups is 1. The van der Waals surface area contributed by atoms with Crippen molar-refractivity contribution in [3.63, 3.8) is 0 Å². The highest BCUT2D eigenvalue weighted by Crippen LogP contribution is 2.43. The zero-order valence-corrected chi connectivity index (χ0v) is 36.6. The average Bonchev–Trinajstić information content (AvgIpc) is 3.97. The molecule has 0 aromatic rings. The lowest BCUT2D eigenvalue weighted by Crippen LogP contribution is -2.29. The molecule has 1 rings (SSSR count). The Morgan fingerprint density at radius 1 is 0.621 bits per heavy atom. The number of rotatable bonds is 38. The summed E-state index contributed by atoms with van der Waals surface area (Å²) in [5.41, 5.74) is 5.34. The number of unbranched alkanes of at least 4 members (excludes halogenated alkanes) is 6. The summed E-state index contributed by atoms with van der Waals surface area (Å²) in [7, 11) is -4.42. The SMILES string of the molecule is CCCCC/C=C\C/C=C\C/C=C\C/C=C\C/C=C\CCC(=O)O[C@H](COC(=O)CCC/C=C\C/C=C\C/C=C\CC1OC1CCCCC)COP(=O)(O)OCCN. The number of nitrogens with two attached hydrogens (primary N) is 1. The first-order chi connectivity index (χ1) is 28.3. The van der Waals surface area contributed by atoms with E-state index in [2.05, 4.69) is 92.8 Å². The number of epoxide rings is 1. The first-order valence-electron chi connectivity index (χ1n) is 21.8. The number of hydrogen-bond donors (Lipinski definition) is 2. The van der Waals surface area contributed by atoms with Crippen molar-refractivity contribution in [3.8, 4) is 0 Å². The maximum Gasteiger partial charge on any atom is 0.472 e. The van der Waals surface area contributed by atoms with Gasteiger partial charge in [-0.25, -0.2) is 4.57 Å². The van der Waals surface area contributed by atoms with E-state index in [9.17, 15) is 19.0 Å². The fourth-order valence-electron chi connectivity index (χ4n) is 5.53. The third kappa shape index (κ3) is 34.9. The molecule has 1 saturated heterocycles. The highest BCUT2D eigenvalue weighted by atomic mass is 31.2. The minimum absolute atomic E-state index is 0.0276. The van der Waals surface area contributed by atoms with Gasteiger partial charge in [0.2, 0.25) is 0 Å². The van der Waals surface area contributed by atoms with Crippen molar-refractivity contribution in [3.05, 3.63) is 97.2 Å². The Morgan fingerprint density at radius 2 is 1.14 bits per heavy atom. The topological polar surface area (TPSA) is 147 Å². The smallest absolute Gasteiger partial charge is 0.462 e. The van der Waals surface area contributed by atoms with Gasteiger partial charge in [-0.05, 0) is 83.5 Å². The second kappa shape index (κ2) is 38.1. The van der Waals surface area contributed by atoms with Crippen LogP contribution < -0.4 is 5.73 Å². The average molecular weight is 830 g/mol. The lowest BCUT2D eigenvalue weighted by Gasteiger charge is -2.19. The summed E-state index contributed by atoms with van der Waals surface area (Å²) >= 11 is 0. The van der Waals surface area contributed by atoms with Crippen LogP contribution in [0.4, 0.5) is 0 Å². The molecule has 3 unspecified atom stereocenters. The molecule has 328 valence electrons. The summed E-state index contributed by atoms with van der Waals surface area (Å²) in [5.74, 6) is -1.01. The van der Waals surface area contributed by atoms with Crippen molar-refractivity contribution < 1.29 is 42.3 Å². The number of ether oxygens (including phenoxy) is 3. The fourth-order valence-corrected chi connectivity index (χ4v) is 6.29. The van der Waals surface area contributed by atoms with Crippen LogP contribution in [0, 0.1) is 0 Å². The molecule has 0 bridgehead atoms. The summed E-state index contributed by atoms with van der Waals surface area (Å²) < 4.78 is 38.3. The van der Waals surface area contributed by atoms with Gasteiger partial charge in [0.15, 0.2) is 6.10 Å². The van der Waals surface area contributed by atoms with Crippen molar-refractivity contribution in [2.45, 2.75) is 161 Å². The van der Waals surface area contributed by atoms with E-state index < -0.39 is 32.5 Å². The molecule has 58 heavy (non-hydrogen) atoms. The lowest BCUT2D eigenvalue weighted by atomic mass is 10.1. The van der Waals surface area contributed by atoms with Gasteiger partial charge in [0, 0.05) is 19.4 Å². The summed E-state index contributed by atoms with van der Waals surface area (Å²) in [6.45, 7) is 3.49. The van der Waals surface area contributed by atoms with Gasteiger partial charge in [-0.1, -0.05) is 143 Å². The zero-order chi connectivity index (χ0) is 42.2. The molecule has 0 aromatic carbocycles. The minimum Gasteiger partial charge on any atom is -0.462 e. The van der Waals surface area contributed by atoms with Crippen LogP contribution in [0.3, 0.4) is 0 Å². The molecule has 1 heterocycles. The van der Waals surface area contributed by atoms with Gasteiger partial charge in [0.1, 0.15) is 6.61 Å². The van der Waals surface area contributed by atoms with Crippen LogP contribution in [-0.4, -0.2) is 61.5 Å². The Labute approximate surface area is 351 Å². The third-order valence-corrected chi connectivity index (χ3v) is 9.86. The Hall–Kier alpha value is -3.11. The van der Waals surface area contributed by atoms with Gasteiger partial charge >= 0.3 is 19.8 Å². The van der Waals surface area contributed by atoms with Crippen molar-refractivity contribution in [1.82, 2.24) is 0 Å². The summed E-state index contributed by atoms with van der Waals surface area (Å²) in [4.78, 5) is 34.8. The molecule has 0 aliphatic carbocycles. The van der Waals surface area contributed by atoms with Crippen LogP contribution in [-0.2, 0) is 37.4 Å². The van der Waals surface area contributed by atoms with Crippen molar-refractivity contribution in [2.75, 3.05) is 26.4 Å². The Bertz CT molecular complexity index is 1330. The van der Waals surface area contributed by atoms with E-state index >= 15 is 0 Å². The zero-order valence-electron chi connectivity index (χ0n) is 35.7. The largest absolute Gasteiger partial charge is 0.472 e. The number of phosphoric acid groups is 1. The standard InChI is InChI=1S/C47H76NO9P/c1-3-5-7-8-9-10-11-12-13-14-15-16-17-18-19-24-27-30-34-38-47(50)56-43(42-55-58(51,52)54-40-39-48)41-53-46(49)37-33-29-26-23-21-20-22-25-28-32-36-45-44(57-45)35-31-6-4-2/h9-10,12-13,15-16,18-20,22-23,26-28,30,32,43-45H,3-8,11,14,17,21,24-25,29,31,33-42,48H2,1-2H3,(H,51,52)/b10-9-,13-12-,16-15-,19-18-,22-20-,26-23-,30-27-,32-28-/t43-,44?,45?/m1/s1. The molecule has 1 fully saturated rings. The molecule has 10 nitrogen and oxygen atoms in total. The molecule has 0 radical (unpaired) electrons. The summed E-state index contributed by atoms with van der Waals surface area (Å²) in [6.07, 6.45) is 52.1. The molecular formula is C47H76NO9P. The van der Waals surface area contributed by atoms with E-state index in [1.54, 1.807) is 0 Å². The molecule has 0 saturated carbocycles. The Balaban J connectivity index is 2.28. The molecule has 4 atom stereocenters. The predicted molar refractivity (Wildman–Crippen MR) is 237 cm³/mol. The van der Waals surface area contributed by atoms with Gasteiger partial charge in [-0.2, -0.15) is 0 Å². The number of allylic oxidation sites excluding steroid dienone is 15. The first-order valence-corrected chi connectivity index (χ1v) is 23.3. The van der Waals surface area contributed by atoms with Gasteiger partial charge < -0.3 is 24.8 Å². The molecule has 1 aliphatic heterocycles. The van der Waals surface area contributed by atoms with Crippen molar-refractivity contribution in [1.29, 1.82) is 0 Å². The minimum atomic E-state index is -4.42. The van der Waals surface area contributed by atoms with E-state index in [-0.39, 0.29) is 32.6 Å². The van der Waals surface area contributed by atoms with E-state index in [4.69, 9.17) is 29.0 Å². The number of hydrogen-bond acceptors (Lipinski definition) is 9. The van der Waals surface area contributed by atoms with Crippen LogP contribution in [0.1, 0.15) is 142 Å². The maximum atomic E-state index is 12.6. The summed E-state index contributed by atoms with van der Waals surface area (Å²) in [6, 6.07) is 0. The van der Waals surface area contributed by atoms with Gasteiger partial charge in [0.05, 0.1) is 25.4 Å². The fraction of sp³-hybridized carbons (Fsp3) is 0.617. The van der Waals surface area contributed by atoms with Gasteiger partial charge in [-0.15, -0.1) is 0 Å². The Kier molecular flexibility index (Phi) is 34.8. The molecule has 1 aliphatic rings. The second-order valence-corrected chi connectivity index (χ2v) is 15.7. The second-order valence-electron chi connectivity index (χ2n) is 14.2. The van der Waals surface area contributed by atoms with Crippen LogP contribution in [0.15, 0.2) is 97.2 Å².